The van der Waals surface area contributed by atoms with Gasteiger partial charge in [-0.05, 0) is 0 Å². The molecular formula is C7H6F3NO4S2. The molecule has 1 rings (SSSR count). The number of carboxylic acids is 1. The lowest BCUT2D eigenvalue weighted by Crippen LogP contribution is -2.11. The molecule has 10 heteroatoms. The third-order valence-corrected chi connectivity index (χ3v) is 3.54. The number of halogens is 3. The molecule has 1 aromatic heterocycles. The summed E-state index contributed by atoms with van der Waals surface area (Å²) < 4.78 is 58.9. The zero-order valence-electron chi connectivity index (χ0n) is 8.28. The molecule has 0 saturated heterocycles. The minimum Gasteiger partial charge on any atom is -0.477 e. The molecule has 1 heterocycles. The molecule has 1 aromatic rings. The van der Waals surface area contributed by atoms with Gasteiger partial charge in [0.2, 0.25) is 0 Å². The van der Waals surface area contributed by atoms with Gasteiger partial charge < -0.3 is 5.11 Å². The predicted octanol–water partition coefficient (Wildman–Crippen LogP) is 1.40. The minimum absolute atomic E-state index is 0.212. The van der Waals surface area contributed by atoms with Crippen molar-refractivity contribution in [3.05, 3.63) is 15.6 Å². The van der Waals surface area contributed by atoms with E-state index < -0.39 is 43.3 Å². The Labute approximate surface area is 97.8 Å². The smallest absolute Gasteiger partial charge is 0.435 e. The van der Waals surface area contributed by atoms with Crippen molar-refractivity contribution in [2.75, 3.05) is 6.26 Å². The van der Waals surface area contributed by atoms with E-state index in [1.807, 2.05) is 0 Å². The number of hydrogen-bond acceptors (Lipinski definition) is 5. The number of alkyl halides is 3. The molecule has 5 nitrogen and oxygen atoms in total. The molecule has 0 amide bonds. The second-order valence-electron chi connectivity index (χ2n) is 3.16. The van der Waals surface area contributed by atoms with E-state index in [0.717, 1.165) is 6.26 Å². The highest BCUT2D eigenvalue weighted by Gasteiger charge is 2.39. The normalized spacial score (nSPS) is 12.7. The molecule has 0 fully saturated rings. The maximum absolute atomic E-state index is 12.4. The van der Waals surface area contributed by atoms with Crippen molar-refractivity contribution in [3.63, 3.8) is 0 Å². The van der Waals surface area contributed by atoms with Crippen LogP contribution in [-0.4, -0.2) is 30.7 Å². The van der Waals surface area contributed by atoms with E-state index in [1.54, 1.807) is 0 Å². The zero-order chi connectivity index (χ0) is 13.4. The van der Waals surface area contributed by atoms with Crippen LogP contribution in [0.2, 0.25) is 0 Å². The molecule has 0 saturated carbocycles. The molecule has 0 aliphatic heterocycles. The third kappa shape index (κ3) is 3.66. The molecule has 17 heavy (non-hydrogen) atoms. The quantitative estimate of drug-likeness (QED) is 0.909. The van der Waals surface area contributed by atoms with Crippen LogP contribution in [0.25, 0.3) is 0 Å². The number of carbonyl (C=O) groups is 1. The van der Waals surface area contributed by atoms with E-state index in [-0.39, 0.29) is 11.3 Å². The number of aromatic nitrogens is 1. The molecular weight excluding hydrogens is 283 g/mol. The molecule has 0 aromatic carbocycles. The number of sulfone groups is 1. The largest absolute Gasteiger partial charge is 0.477 e. The third-order valence-electron chi connectivity index (χ3n) is 1.52. The number of hydrogen-bond donors (Lipinski definition) is 1. The topological polar surface area (TPSA) is 84.3 Å². The van der Waals surface area contributed by atoms with Crippen molar-refractivity contribution in [2.24, 2.45) is 0 Å². The molecule has 0 spiro atoms. The first-order valence-electron chi connectivity index (χ1n) is 3.98. The van der Waals surface area contributed by atoms with Crippen LogP contribution in [0.15, 0.2) is 0 Å². The molecule has 0 radical (unpaired) electrons. The van der Waals surface area contributed by atoms with E-state index in [2.05, 4.69) is 4.98 Å². The van der Waals surface area contributed by atoms with Gasteiger partial charge in [0.05, 0.1) is 0 Å². The van der Waals surface area contributed by atoms with E-state index in [0.29, 0.717) is 0 Å². The van der Waals surface area contributed by atoms with Crippen LogP contribution in [0.1, 0.15) is 20.4 Å². The summed E-state index contributed by atoms with van der Waals surface area (Å²) in [6.07, 6.45) is -4.10. The summed E-state index contributed by atoms with van der Waals surface area (Å²) in [5, 5.41) is 8.17. The van der Waals surface area contributed by atoms with E-state index in [9.17, 15) is 26.4 Å². The summed E-state index contributed by atoms with van der Waals surface area (Å²) >= 11 is 0.212. The van der Waals surface area contributed by atoms with Crippen LogP contribution in [0.5, 0.6) is 0 Å². The van der Waals surface area contributed by atoms with Crippen molar-refractivity contribution in [1.82, 2.24) is 4.98 Å². The van der Waals surface area contributed by atoms with Crippen LogP contribution in [0.3, 0.4) is 0 Å². The van der Waals surface area contributed by atoms with Gasteiger partial charge in [-0.15, -0.1) is 11.3 Å². The first-order valence-corrected chi connectivity index (χ1v) is 6.86. The Morgan fingerprint density at radius 3 is 2.29 bits per heavy atom. The summed E-state index contributed by atoms with van der Waals surface area (Å²) in [4.78, 5) is 12.6. The van der Waals surface area contributed by atoms with Crippen LogP contribution < -0.4 is 0 Å². The first-order chi connectivity index (χ1) is 7.50. The van der Waals surface area contributed by atoms with Gasteiger partial charge in [-0.1, -0.05) is 0 Å². The molecule has 0 aliphatic carbocycles. The fourth-order valence-corrected chi connectivity index (χ4v) is 3.10. The highest BCUT2D eigenvalue weighted by molar-refractivity contribution is 7.90. The van der Waals surface area contributed by atoms with Gasteiger partial charge in [-0.3, -0.25) is 0 Å². The molecule has 0 atom stereocenters. The molecule has 0 unspecified atom stereocenters. The molecule has 0 aliphatic rings. The van der Waals surface area contributed by atoms with Crippen molar-refractivity contribution >= 4 is 27.1 Å². The number of rotatable bonds is 3. The predicted molar refractivity (Wildman–Crippen MR) is 52.6 cm³/mol. The maximum atomic E-state index is 12.4. The summed E-state index contributed by atoms with van der Waals surface area (Å²) in [7, 11) is -3.56. The zero-order valence-corrected chi connectivity index (χ0v) is 9.91. The van der Waals surface area contributed by atoms with Crippen molar-refractivity contribution in [1.29, 1.82) is 0 Å². The highest BCUT2D eigenvalue weighted by Crippen LogP contribution is 2.34. The van der Waals surface area contributed by atoms with E-state index >= 15 is 0 Å². The lowest BCUT2D eigenvalue weighted by atomic mass is 10.3. The molecule has 96 valence electrons. The Kier molecular flexibility index (Phi) is 3.48. The lowest BCUT2D eigenvalue weighted by molar-refractivity contribution is -0.141. The number of thiazole rings is 1. The van der Waals surface area contributed by atoms with Gasteiger partial charge in [0.1, 0.15) is 15.6 Å². The Morgan fingerprint density at radius 1 is 1.47 bits per heavy atom. The van der Waals surface area contributed by atoms with Gasteiger partial charge in [0.15, 0.2) is 15.5 Å². The lowest BCUT2D eigenvalue weighted by Gasteiger charge is -2.02. The van der Waals surface area contributed by atoms with E-state index in [4.69, 9.17) is 5.11 Å². The first kappa shape index (κ1) is 13.9. The van der Waals surface area contributed by atoms with Crippen LogP contribution >= 0.6 is 11.3 Å². The fourth-order valence-electron chi connectivity index (χ4n) is 0.988. The Bertz CT molecular complexity index is 546. The van der Waals surface area contributed by atoms with Gasteiger partial charge in [0, 0.05) is 6.26 Å². The van der Waals surface area contributed by atoms with Gasteiger partial charge in [-0.25, -0.2) is 18.2 Å². The minimum atomic E-state index is -4.92. The second kappa shape index (κ2) is 4.26. The van der Waals surface area contributed by atoms with Gasteiger partial charge >= 0.3 is 12.1 Å². The second-order valence-corrected chi connectivity index (χ2v) is 6.38. The Morgan fingerprint density at radius 2 is 2.00 bits per heavy atom. The monoisotopic (exact) mass is 289 g/mol. The summed E-state index contributed by atoms with van der Waals surface area (Å²) in [5.41, 5.74) is -1.56. The van der Waals surface area contributed by atoms with Crippen LogP contribution in [-0.2, 0) is 21.8 Å². The summed E-state index contributed by atoms with van der Waals surface area (Å²) in [6, 6.07) is 0. The van der Waals surface area contributed by atoms with Crippen molar-refractivity contribution < 1.29 is 31.5 Å². The highest BCUT2D eigenvalue weighted by atomic mass is 32.2. The van der Waals surface area contributed by atoms with Gasteiger partial charge in [0.25, 0.3) is 0 Å². The number of aromatic carboxylic acids is 1. The van der Waals surface area contributed by atoms with Gasteiger partial charge in [-0.2, -0.15) is 13.2 Å². The Hall–Kier alpha value is -1.16. The number of carboxylic acid groups (broad SMARTS) is 1. The molecule has 1 N–H and O–H groups in total. The van der Waals surface area contributed by atoms with E-state index in [1.165, 1.54) is 0 Å². The van der Waals surface area contributed by atoms with Crippen molar-refractivity contribution in [2.45, 2.75) is 11.9 Å². The fraction of sp³-hybridized carbons (Fsp3) is 0.429. The average molecular weight is 289 g/mol. The summed E-state index contributed by atoms with van der Waals surface area (Å²) in [6.45, 7) is 0. The van der Waals surface area contributed by atoms with Crippen LogP contribution in [0, 0.1) is 0 Å². The number of nitrogens with zero attached hydrogens (tertiary/aromatic N) is 1. The SMILES string of the molecule is CS(=O)(=O)Cc1nc(C(F)(F)F)c(C(=O)O)s1. The maximum Gasteiger partial charge on any atom is 0.435 e. The molecule has 0 bridgehead atoms. The average Bonchev–Trinajstić information content (AvgIpc) is 2.43. The summed E-state index contributed by atoms with van der Waals surface area (Å²) in [5.74, 6) is -2.50. The standard InChI is InChI=1S/C7H6F3NO4S2/c1-17(14,15)2-3-11-5(7(8,9)10)4(16-3)6(12)13/h2H2,1H3,(H,12,13). The van der Waals surface area contributed by atoms with Crippen molar-refractivity contribution in [3.8, 4) is 0 Å². The Balaban J connectivity index is 3.27. The van der Waals surface area contributed by atoms with Crippen LogP contribution in [0.4, 0.5) is 13.2 Å².